The van der Waals surface area contributed by atoms with Gasteiger partial charge in [-0.1, -0.05) is 23.2 Å². The lowest BCUT2D eigenvalue weighted by atomic mass is 10.1. The molecule has 0 radical (unpaired) electrons. The molecule has 1 aromatic heterocycles. The van der Waals surface area contributed by atoms with Gasteiger partial charge in [-0.2, -0.15) is 5.26 Å². The van der Waals surface area contributed by atoms with E-state index in [1.165, 1.54) is 6.07 Å². The van der Waals surface area contributed by atoms with Crippen molar-refractivity contribution in [2.24, 2.45) is 0 Å². The van der Waals surface area contributed by atoms with Gasteiger partial charge in [-0.05, 0) is 11.6 Å². The van der Waals surface area contributed by atoms with Crippen molar-refractivity contribution in [3.05, 3.63) is 39.5 Å². The number of hydrogen-bond acceptors (Lipinski definition) is 3. The smallest absolute Gasteiger partial charge is 0.166 e. The lowest BCUT2D eigenvalue weighted by molar-refractivity contribution is 0.558. The highest BCUT2D eigenvalue weighted by atomic mass is 35.5. The fourth-order valence-corrected chi connectivity index (χ4v) is 1.63. The molecule has 90 valence electrons. The van der Waals surface area contributed by atoms with Crippen molar-refractivity contribution in [3.8, 4) is 6.07 Å². The van der Waals surface area contributed by atoms with Gasteiger partial charge in [0.05, 0.1) is 6.07 Å². The van der Waals surface area contributed by atoms with Gasteiger partial charge in [-0.3, -0.25) is 0 Å². The van der Waals surface area contributed by atoms with Gasteiger partial charge in [0.15, 0.2) is 11.0 Å². The summed E-state index contributed by atoms with van der Waals surface area (Å²) >= 11 is 11.3. The highest BCUT2D eigenvalue weighted by Crippen LogP contribution is 2.22. The molecule has 1 rings (SSSR count). The van der Waals surface area contributed by atoms with E-state index in [0.29, 0.717) is 11.1 Å². The van der Waals surface area contributed by atoms with Gasteiger partial charge in [-0.25, -0.2) is 9.37 Å². The molecule has 1 aromatic rings. The van der Waals surface area contributed by atoms with Crippen LogP contribution in [0.25, 0.3) is 0 Å². The largest absolute Gasteiger partial charge is 0.383 e. The van der Waals surface area contributed by atoms with Gasteiger partial charge in [0, 0.05) is 32.3 Å². The number of allylic oxidation sites excluding steroid dienone is 1. The van der Waals surface area contributed by atoms with E-state index < -0.39 is 5.82 Å². The summed E-state index contributed by atoms with van der Waals surface area (Å²) in [5.41, 5.74) is 0.892. The molecule has 0 unspecified atom stereocenters. The maximum absolute atomic E-state index is 13.2. The summed E-state index contributed by atoms with van der Waals surface area (Å²) in [7, 11) is 3.58. The monoisotopic (exact) mass is 273 g/mol. The van der Waals surface area contributed by atoms with E-state index in [1.807, 2.05) is 6.07 Å². The van der Waals surface area contributed by atoms with E-state index in [-0.39, 0.29) is 16.7 Å². The Labute approximate surface area is 109 Å². The maximum Gasteiger partial charge on any atom is 0.166 e. The number of halogens is 3. The number of hydrogen-bond donors (Lipinski definition) is 0. The van der Waals surface area contributed by atoms with E-state index in [9.17, 15) is 4.39 Å². The fourth-order valence-electron chi connectivity index (χ4n) is 1.24. The van der Waals surface area contributed by atoms with E-state index in [0.717, 1.165) is 0 Å². The Morgan fingerprint density at radius 1 is 1.53 bits per heavy atom. The summed E-state index contributed by atoms with van der Waals surface area (Å²) in [6, 6.07) is 3.21. The molecule has 17 heavy (non-hydrogen) atoms. The minimum Gasteiger partial charge on any atom is -0.383 e. The van der Waals surface area contributed by atoms with Crippen LogP contribution in [-0.4, -0.2) is 24.0 Å². The summed E-state index contributed by atoms with van der Waals surface area (Å²) in [6.07, 6.45) is 1.86. The Morgan fingerprint density at radius 2 is 2.18 bits per heavy atom. The molecule has 0 bridgehead atoms. The summed E-state index contributed by atoms with van der Waals surface area (Å²) < 4.78 is 13.2. The van der Waals surface area contributed by atoms with Crippen LogP contribution in [0.3, 0.4) is 0 Å². The highest BCUT2D eigenvalue weighted by molar-refractivity contribution is 6.32. The van der Waals surface area contributed by atoms with Gasteiger partial charge in [0.1, 0.15) is 5.15 Å². The van der Waals surface area contributed by atoms with Crippen molar-refractivity contribution in [2.75, 3.05) is 14.1 Å². The molecule has 6 heteroatoms. The van der Waals surface area contributed by atoms with Gasteiger partial charge in [0.25, 0.3) is 0 Å². The van der Waals surface area contributed by atoms with Crippen LogP contribution in [0, 0.1) is 17.1 Å². The average Bonchev–Trinajstić information content (AvgIpc) is 2.24. The Hall–Kier alpha value is -1.31. The van der Waals surface area contributed by atoms with Crippen LogP contribution in [0.1, 0.15) is 5.56 Å². The van der Waals surface area contributed by atoms with E-state index in [2.05, 4.69) is 4.98 Å². The van der Waals surface area contributed by atoms with Crippen molar-refractivity contribution < 1.29 is 4.39 Å². The molecule has 0 aliphatic rings. The van der Waals surface area contributed by atoms with E-state index in [4.69, 9.17) is 28.5 Å². The summed E-state index contributed by atoms with van der Waals surface area (Å²) in [6.45, 7) is 0. The number of pyridine rings is 1. The van der Waals surface area contributed by atoms with Crippen LogP contribution in [-0.2, 0) is 6.42 Å². The second kappa shape index (κ2) is 5.85. The zero-order valence-corrected chi connectivity index (χ0v) is 10.8. The SMILES string of the molecule is CN(C)/C=C(/C#N)Cc1cc(F)c(Cl)nc1Cl. The third kappa shape index (κ3) is 3.88. The molecule has 0 aliphatic carbocycles. The Morgan fingerprint density at radius 3 is 2.71 bits per heavy atom. The third-order valence-electron chi connectivity index (χ3n) is 1.90. The highest BCUT2D eigenvalue weighted by Gasteiger charge is 2.10. The number of nitriles is 1. The minimum absolute atomic E-state index is 0.108. The zero-order valence-electron chi connectivity index (χ0n) is 9.34. The van der Waals surface area contributed by atoms with Gasteiger partial charge in [-0.15, -0.1) is 0 Å². The Balaban J connectivity index is 3.03. The summed E-state index contributed by atoms with van der Waals surface area (Å²) in [5.74, 6) is -0.645. The van der Waals surface area contributed by atoms with Gasteiger partial charge in [0.2, 0.25) is 0 Å². The van der Waals surface area contributed by atoms with Crippen molar-refractivity contribution in [2.45, 2.75) is 6.42 Å². The summed E-state index contributed by atoms with van der Waals surface area (Å²) in [4.78, 5) is 5.37. The molecule has 0 saturated carbocycles. The lowest BCUT2D eigenvalue weighted by Gasteiger charge is -2.08. The lowest BCUT2D eigenvalue weighted by Crippen LogP contribution is -2.04. The fraction of sp³-hybridized carbons (Fsp3) is 0.273. The van der Waals surface area contributed by atoms with Gasteiger partial charge < -0.3 is 4.90 Å². The van der Waals surface area contributed by atoms with E-state index >= 15 is 0 Å². The second-order valence-corrected chi connectivity index (χ2v) is 4.33. The first-order chi connectivity index (χ1) is 7.93. The van der Waals surface area contributed by atoms with Crippen LogP contribution in [0.15, 0.2) is 17.8 Å². The molecule has 3 nitrogen and oxygen atoms in total. The number of nitrogens with zero attached hydrogens (tertiary/aromatic N) is 3. The van der Waals surface area contributed by atoms with Crippen LogP contribution in [0.5, 0.6) is 0 Å². The molecule has 0 aliphatic heterocycles. The summed E-state index contributed by atoms with van der Waals surface area (Å²) in [5, 5.41) is 8.76. The van der Waals surface area contributed by atoms with Crippen LogP contribution in [0.2, 0.25) is 10.3 Å². The molecule has 0 fully saturated rings. The number of aromatic nitrogens is 1. The predicted octanol–water partition coefficient (Wildman–Crippen LogP) is 3.04. The molecule has 0 saturated heterocycles. The molecule has 0 N–H and O–H groups in total. The molecular weight excluding hydrogens is 264 g/mol. The van der Waals surface area contributed by atoms with Crippen LogP contribution in [0.4, 0.5) is 4.39 Å². The molecule has 0 atom stereocenters. The second-order valence-electron chi connectivity index (χ2n) is 3.62. The average molecular weight is 274 g/mol. The van der Waals surface area contributed by atoms with Crippen LogP contribution < -0.4 is 0 Å². The Kier molecular flexibility index (Phi) is 4.73. The first-order valence-electron chi connectivity index (χ1n) is 4.71. The van der Waals surface area contributed by atoms with Gasteiger partial charge >= 0.3 is 0 Å². The van der Waals surface area contributed by atoms with Crippen LogP contribution >= 0.6 is 23.2 Å². The first kappa shape index (κ1) is 13.8. The van der Waals surface area contributed by atoms with Crippen molar-refractivity contribution >= 4 is 23.2 Å². The quantitative estimate of drug-likeness (QED) is 0.628. The van der Waals surface area contributed by atoms with Crippen molar-refractivity contribution in [3.63, 3.8) is 0 Å². The Bertz CT molecular complexity index is 492. The zero-order chi connectivity index (χ0) is 13.0. The normalized spacial score (nSPS) is 11.2. The topological polar surface area (TPSA) is 39.9 Å². The maximum atomic E-state index is 13.2. The molecular formula is C11H10Cl2FN3. The molecule has 1 heterocycles. The molecule has 0 aromatic carbocycles. The molecule has 0 spiro atoms. The number of rotatable bonds is 3. The van der Waals surface area contributed by atoms with Crippen molar-refractivity contribution in [1.82, 2.24) is 9.88 Å². The standard InChI is InChI=1S/C11H10Cl2FN3/c1-17(2)6-7(5-15)3-8-4-9(14)11(13)16-10(8)12/h4,6H,3H2,1-2H3/b7-6+. The van der Waals surface area contributed by atoms with Crippen molar-refractivity contribution in [1.29, 1.82) is 5.26 Å². The molecule has 0 amide bonds. The third-order valence-corrected chi connectivity index (χ3v) is 2.49. The van der Waals surface area contributed by atoms with E-state index in [1.54, 1.807) is 25.2 Å². The first-order valence-corrected chi connectivity index (χ1v) is 5.47. The predicted molar refractivity (Wildman–Crippen MR) is 65.3 cm³/mol. The minimum atomic E-state index is -0.645.